The highest BCUT2D eigenvalue weighted by molar-refractivity contribution is 5.04. The largest absolute Gasteiger partial charge is 0.328 e. The first-order valence-electron chi connectivity index (χ1n) is 5.02. The minimum absolute atomic E-state index is 0.141. The van der Waals surface area contributed by atoms with E-state index in [1.165, 1.54) is 10.8 Å². The first-order valence-corrected chi connectivity index (χ1v) is 5.02. The van der Waals surface area contributed by atoms with Crippen molar-refractivity contribution in [2.24, 2.45) is 0 Å². The quantitative estimate of drug-likeness (QED) is 0.777. The molecule has 0 fully saturated rings. The molecule has 0 spiro atoms. The van der Waals surface area contributed by atoms with Crippen LogP contribution >= 0.6 is 0 Å². The van der Waals surface area contributed by atoms with Gasteiger partial charge in [0.2, 0.25) is 0 Å². The molecule has 0 amide bonds. The van der Waals surface area contributed by atoms with Crippen LogP contribution in [0.15, 0.2) is 15.8 Å². The van der Waals surface area contributed by atoms with Gasteiger partial charge in [-0.05, 0) is 12.8 Å². The summed E-state index contributed by atoms with van der Waals surface area (Å²) in [4.78, 5) is 25.6. The van der Waals surface area contributed by atoms with Crippen molar-refractivity contribution in [2.75, 3.05) is 0 Å². The predicted octanol–water partition coefficient (Wildman–Crippen LogP) is 0.899. The lowest BCUT2D eigenvalue weighted by atomic mass is 10.2. The van der Waals surface area contributed by atoms with Gasteiger partial charge < -0.3 is 4.98 Å². The van der Waals surface area contributed by atoms with Gasteiger partial charge in [-0.1, -0.05) is 20.3 Å². The summed E-state index contributed by atoms with van der Waals surface area (Å²) in [5.41, 5.74) is 0.245. The van der Waals surface area contributed by atoms with E-state index in [0.29, 0.717) is 12.1 Å². The van der Waals surface area contributed by atoms with Crippen LogP contribution in [0.25, 0.3) is 0 Å². The minimum Gasteiger partial charge on any atom is -0.314 e. The van der Waals surface area contributed by atoms with Crippen LogP contribution in [-0.4, -0.2) is 9.55 Å². The highest BCUT2D eigenvalue weighted by Crippen LogP contribution is 1.92. The average molecular weight is 196 g/mol. The molecule has 78 valence electrons. The second kappa shape index (κ2) is 4.79. The van der Waals surface area contributed by atoms with Crippen molar-refractivity contribution in [1.29, 1.82) is 0 Å². The summed E-state index contributed by atoms with van der Waals surface area (Å²) in [5, 5.41) is 0. The Morgan fingerprint density at radius 1 is 1.29 bits per heavy atom. The molecule has 1 heterocycles. The molecular formula is C10H16N2O2. The summed E-state index contributed by atoms with van der Waals surface area (Å²) in [6, 6.07) is 0. The maximum absolute atomic E-state index is 11.7. The second-order valence-corrected chi connectivity index (χ2v) is 3.33. The van der Waals surface area contributed by atoms with Gasteiger partial charge >= 0.3 is 5.69 Å². The lowest BCUT2D eigenvalue weighted by molar-refractivity contribution is 0.605. The Morgan fingerprint density at radius 3 is 2.57 bits per heavy atom. The number of aryl methyl sites for hydroxylation is 1. The molecule has 0 aliphatic rings. The molecule has 0 aliphatic heterocycles. The smallest absolute Gasteiger partial charge is 0.314 e. The molecule has 4 nitrogen and oxygen atoms in total. The Bertz CT molecular complexity index is 403. The number of hydrogen-bond donors (Lipinski definition) is 1. The third-order valence-electron chi connectivity index (χ3n) is 2.10. The van der Waals surface area contributed by atoms with E-state index in [0.717, 1.165) is 19.3 Å². The molecule has 0 aliphatic carbocycles. The van der Waals surface area contributed by atoms with Crippen molar-refractivity contribution in [1.82, 2.24) is 9.55 Å². The van der Waals surface area contributed by atoms with Crippen molar-refractivity contribution in [3.05, 3.63) is 32.6 Å². The topological polar surface area (TPSA) is 54.9 Å². The molecule has 0 saturated heterocycles. The molecule has 0 bridgehead atoms. The number of nitrogens with zero attached hydrogens (tertiary/aromatic N) is 1. The highest BCUT2D eigenvalue weighted by Gasteiger charge is 2.04. The van der Waals surface area contributed by atoms with E-state index in [9.17, 15) is 9.59 Å². The van der Waals surface area contributed by atoms with Crippen LogP contribution in [0.1, 0.15) is 32.3 Å². The Kier molecular flexibility index (Phi) is 3.68. The Hall–Kier alpha value is -1.32. The van der Waals surface area contributed by atoms with Crippen molar-refractivity contribution in [3.8, 4) is 0 Å². The van der Waals surface area contributed by atoms with Crippen LogP contribution in [0.4, 0.5) is 0 Å². The average Bonchev–Trinajstić information content (AvgIpc) is 2.17. The molecule has 1 N–H and O–H groups in total. The SMILES string of the molecule is CCCc1c[nH]c(=O)n(CCC)c1=O. The minimum atomic E-state index is -0.309. The molecule has 1 rings (SSSR count). The van der Waals surface area contributed by atoms with Gasteiger partial charge in [-0.3, -0.25) is 9.36 Å². The van der Waals surface area contributed by atoms with Crippen LogP contribution in [-0.2, 0) is 13.0 Å². The molecule has 1 aromatic rings. The van der Waals surface area contributed by atoms with Gasteiger partial charge in [-0.2, -0.15) is 0 Å². The van der Waals surface area contributed by atoms with E-state index in [-0.39, 0.29) is 11.2 Å². The fourth-order valence-electron chi connectivity index (χ4n) is 1.43. The van der Waals surface area contributed by atoms with E-state index < -0.39 is 0 Å². The summed E-state index contributed by atoms with van der Waals surface area (Å²) in [6.07, 6.45) is 3.95. The maximum atomic E-state index is 11.7. The van der Waals surface area contributed by atoms with E-state index >= 15 is 0 Å². The zero-order valence-corrected chi connectivity index (χ0v) is 8.67. The number of hydrogen-bond acceptors (Lipinski definition) is 2. The summed E-state index contributed by atoms with van der Waals surface area (Å²) >= 11 is 0. The molecule has 0 saturated carbocycles. The van der Waals surface area contributed by atoms with Crippen LogP contribution in [0.2, 0.25) is 0 Å². The van der Waals surface area contributed by atoms with Gasteiger partial charge in [0, 0.05) is 18.3 Å². The standard InChI is InChI=1S/C10H16N2O2/c1-3-5-8-7-11-10(14)12(6-4-2)9(8)13/h7H,3-6H2,1-2H3,(H,11,14). The van der Waals surface area contributed by atoms with E-state index in [1.54, 1.807) is 0 Å². The molecule has 4 heteroatoms. The van der Waals surface area contributed by atoms with E-state index in [1.807, 2.05) is 13.8 Å². The Labute approximate surface area is 82.6 Å². The molecule has 0 radical (unpaired) electrons. The fourth-order valence-corrected chi connectivity index (χ4v) is 1.43. The number of nitrogens with one attached hydrogen (secondary N) is 1. The van der Waals surface area contributed by atoms with Gasteiger partial charge in [0.15, 0.2) is 0 Å². The first-order chi connectivity index (χ1) is 6.70. The molecule has 14 heavy (non-hydrogen) atoms. The van der Waals surface area contributed by atoms with Crippen molar-refractivity contribution >= 4 is 0 Å². The van der Waals surface area contributed by atoms with Gasteiger partial charge in [0.25, 0.3) is 5.56 Å². The number of H-pyrrole nitrogens is 1. The lowest BCUT2D eigenvalue weighted by Gasteiger charge is -2.04. The van der Waals surface area contributed by atoms with Crippen LogP contribution < -0.4 is 11.2 Å². The summed E-state index contributed by atoms with van der Waals surface area (Å²) in [7, 11) is 0. The molecular weight excluding hydrogens is 180 g/mol. The van der Waals surface area contributed by atoms with Gasteiger partial charge in [-0.25, -0.2) is 4.79 Å². The third kappa shape index (κ3) is 2.13. The Morgan fingerprint density at radius 2 is 2.00 bits per heavy atom. The van der Waals surface area contributed by atoms with Crippen LogP contribution in [0, 0.1) is 0 Å². The normalized spacial score (nSPS) is 10.4. The number of aromatic amines is 1. The molecule has 0 unspecified atom stereocenters. The first kappa shape index (κ1) is 10.8. The zero-order valence-electron chi connectivity index (χ0n) is 8.67. The monoisotopic (exact) mass is 196 g/mol. The zero-order chi connectivity index (χ0) is 10.6. The van der Waals surface area contributed by atoms with Gasteiger partial charge in [-0.15, -0.1) is 0 Å². The molecule has 1 aromatic heterocycles. The maximum Gasteiger partial charge on any atom is 0.328 e. The predicted molar refractivity (Wildman–Crippen MR) is 55.6 cm³/mol. The Balaban J connectivity index is 3.19. The van der Waals surface area contributed by atoms with Crippen molar-refractivity contribution in [2.45, 2.75) is 39.7 Å². The van der Waals surface area contributed by atoms with E-state index in [4.69, 9.17) is 0 Å². The van der Waals surface area contributed by atoms with Crippen molar-refractivity contribution < 1.29 is 0 Å². The summed E-state index contributed by atoms with van der Waals surface area (Å²) < 4.78 is 1.27. The summed E-state index contributed by atoms with van der Waals surface area (Å²) in [5.74, 6) is 0. The fraction of sp³-hybridized carbons (Fsp3) is 0.600. The third-order valence-corrected chi connectivity index (χ3v) is 2.10. The van der Waals surface area contributed by atoms with Crippen LogP contribution in [0.5, 0.6) is 0 Å². The van der Waals surface area contributed by atoms with E-state index in [2.05, 4.69) is 4.98 Å². The second-order valence-electron chi connectivity index (χ2n) is 3.33. The number of rotatable bonds is 4. The van der Waals surface area contributed by atoms with Crippen LogP contribution in [0.3, 0.4) is 0 Å². The highest BCUT2D eigenvalue weighted by atomic mass is 16.2. The van der Waals surface area contributed by atoms with Crippen molar-refractivity contribution in [3.63, 3.8) is 0 Å². The molecule has 0 atom stereocenters. The number of aromatic nitrogens is 2. The lowest BCUT2D eigenvalue weighted by Crippen LogP contribution is -2.36. The summed E-state index contributed by atoms with van der Waals surface area (Å²) in [6.45, 7) is 4.44. The van der Waals surface area contributed by atoms with Gasteiger partial charge in [0.1, 0.15) is 0 Å². The van der Waals surface area contributed by atoms with Gasteiger partial charge in [0.05, 0.1) is 0 Å². The molecule has 0 aromatic carbocycles.